The lowest BCUT2D eigenvalue weighted by Gasteiger charge is -2.22. The lowest BCUT2D eigenvalue weighted by molar-refractivity contribution is 0.660. The molecule has 3 nitrogen and oxygen atoms in total. The number of para-hydroxylation sites is 2. The molecule has 7 aromatic carbocycles. The van der Waals surface area contributed by atoms with E-state index in [9.17, 15) is 0 Å². The van der Waals surface area contributed by atoms with Gasteiger partial charge < -0.3 is 4.57 Å². The van der Waals surface area contributed by atoms with E-state index >= 15 is 0 Å². The summed E-state index contributed by atoms with van der Waals surface area (Å²) in [5, 5.41) is 5.97. The molecule has 2 heterocycles. The third-order valence-electron chi connectivity index (χ3n) is 10.4. The minimum absolute atomic E-state index is 0.0889. The molecule has 0 bridgehead atoms. The van der Waals surface area contributed by atoms with Crippen molar-refractivity contribution in [2.75, 3.05) is 0 Å². The molecule has 1 aliphatic carbocycles. The van der Waals surface area contributed by atoms with Gasteiger partial charge in [-0.2, -0.15) is 0 Å². The number of nitrogens with zero attached hydrogens (tertiary/aromatic N) is 3. The molecule has 2 aromatic heterocycles. The average Bonchev–Trinajstić information content (AvgIpc) is 3.60. The number of aromatic nitrogens is 3. The van der Waals surface area contributed by atoms with E-state index in [0.717, 1.165) is 44.8 Å². The van der Waals surface area contributed by atoms with E-state index in [4.69, 9.17) is 9.97 Å². The van der Waals surface area contributed by atoms with Crippen LogP contribution in [0.2, 0.25) is 0 Å². The predicted molar refractivity (Wildman–Crippen MR) is 200 cm³/mol. The lowest BCUT2D eigenvalue weighted by atomic mass is 9.82. The van der Waals surface area contributed by atoms with Crippen molar-refractivity contribution in [2.45, 2.75) is 19.3 Å². The molecule has 0 N–H and O–H groups in total. The van der Waals surface area contributed by atoms with Crippen LogP contribution in [-0.2, 0) is 5.41 Å². The highest BCUT2D eigenvalue weighted by Crippen LogP contribution is 2.49. The van der Waals surface area contributed by atoms with E-state index in [2.05, 4.69) is 170 Å². The van der Waals surface area contributed by atoms with Crippen molar-refractivity contribution < 1.29 is 0 Å². The van der Waals surface area contributed by atoms with Gasteiger partial charge >= 0.3 is 0 Å². The van der Waals surface area contributed by atoms with E-state index in [1.165, 1.54) is 49.3 Å². The fourth-order valence-electron chi connectivity index (χ4n) is 8.06. The second-order valence-corrected chi connectivity index (χ2v) is 13.4. The van der Waals surface area contributed by atoms with Gasteiger partial charge in [-0.3, -0.25) is 0 Å². The Hall–Kier alpha value is -6.06. The van der Waals surface area contributed by atoms with E-state index < -0.39 is 0 Å². The standard InChI is InChI=1S/C45H31N3/c1-45(2)37-18-10-8-16-33(37)34-23-20-29(27-38(34)45)43-35-17-9-11-19-39(35)46-44(47-43)30-22-24-40-36(26-30)42-32-15-7-6-12-28(32)21-25-41(42)48(40)31-13-4-3-5-14-31/h3-27H,1-2H3. The molecule has 0 saturated heterocycles. The Morgan fingerprint density at radius 1 is 0.500 bits per heavy atom. The van der Waals surface area contributed by atoms with Crippen LogP contribution < -0.4 is 0 Å². The van der Waals surface area contributed by atoms with Crippen LogP contribution in [0.4, 0.5) is 0 Å². The molecule has 0 atom stereocenters. The SMILES string of the molecule is CC1(C)c2ccccc2-c2ccc(-c3nc(-c4ccc5c(c4)c4c6ccccc6ccc4n5-c4ccccc4)nc4ccccc34)cc21. The molecule has 0 radical (unpaired) electrons. The van der Waals surface area contributed by atoms with Gasteiger partial charge in [0.2, 0.25) is 0 Å². The number of benzene rings is 7. The monoisotopic (exact) mass is 613 g/mol. The first-order valence-corrected chi connectivity index (χ1v) is 16.6. The summed E-state index contributed by atoms with van der Waals surface area (Å²) in [7, 11) is 0. The van der Waals surface area contributed by atoms with Crippen LogP contribution in [0.1, 0.15) is 25.0 Å². The van der Waals surface area contributed by atoms with Gasteiger partial charge in [-0.1, -0.05) is 117 Å². The van der Waals surface area contributed by atoms with Gasteiger partial charge in [0.25, 0.3) is 0 Å². The minimum Gasteiger partial charge on any atom is -0.309 e. The molecule has 226 valence electrons. The lowest BCUT2D eigenvalue weighted by Crippen LogP contribution is -2.14. The summed E-state index contributed by atoms with van der Waals surface area (Å²) in [6.07, 6.45) is 0. The van der Waals surface area contributed by atoms with Crippen molar-refractivity contribution in [2.24, 2.45) is 0 Å². The van der Waals surface area contributed by atoms with Gasteiger partial charge in [0.05, 0.1) is 22.2 Å². The van der Waals surface area contributed by atoms with Crippen molar-refractivity contribution in [3.63, 3.8) is 0 Å². The van der Waals surface area contributed by atoms with Crippen LogP contribution in [0.3, 0.4) is 0 Å². The molecular formula is C45H31N3. The second-order valence-electron chi connectivity index (χ2n) is 13.4. The second kappa shape index (κ2) is 9.97. The predicted octanol–water partition coefficient (Wildman–Crippen LogP) is 11.5. The highest BCUT2D eigenvalue weighted by atomic mass is 15.0. The van der Waals surface area contributed by atoms with E-state index in [1.54, 1.807) is 0 Å². The average molecular weight is 614 g/mol. The molecule has 0 spiro atoms. The first kappa shape index (κ1) is 27.1. The summed E-state index contributed by atoms with van der Waals surface area (Å²) in [6.45, 7) is 4.66. The van der Waals surface area contributed by atoms with Gasteiger partial charge in [-0.25, -0.2) is 9.97 Å². The van der Waals surface area contributed by atoms with Gasteiger partial charge in [-0.05, 0) is 81.6 Å². The molecule has 48 heavy (non-hydrogen) atoms. The molecule has 1 aliphatic rings. The van der Waals surface area contributed by atoms with Crippen LogP contribution in [0.25, 0.3) is 82.9 Å². The fraction of sp³-hybridized carbons (Fsp3) is 0.0667. The van der Waals surface area contributed by atoms with Gasteiger partial charge in [0.1, 0.15) is 0 Å². The zero-order valence-electron chi connectivity index (χ0n) is 26.8. The third kappa shape index (κ3) is 3.82. The Morgan fingerprint density at radius 2 is 1.21 bits per heavy atom. The van der Waals surface area contributed by atoms with Crippen molar-refractivity contribution >= 4 is 43.5 Å². The summed E-state index contributed by atoms with van der Waals surface area (Å²) >= 11 is 0. The van der Waals surface area contributed by atoms with Gasteiger partial charge in [-0.15, -0.1) is 0 Å². The Bertz CT molecular complexity index is 2750. The molecule has 9 aromatic rings. The van der Waals surface area contributed by atoms with E-state index in [1.807, 2.05) is 0 Å². The maximum Gasteiger partial charge on any atom is 0.160 e. The van der Waals surface area contributed by atoms with Gasteiger partial charge in [0, 0.05) is 38.4 Å². The normalized spacial score (nSPS) is 13.4. The molecular weight excluding hydrogens is 583 g/mol. The molecule has 0 unspecified atom stereocenters. The highest BCUT2D eigenvalue weighted by molar-refractivity contribution is 6.21. The number of hydrogen-bond acceptors (Lipinski definition) is 2. The number of rotatable bonds is 3. The first-order chi connectivity index (χ1) is 23.6. The molecule has 10 rings (SSSR count). The summed E-state index contributed by atoms with van der Waals surface area (Å²) < 4.78 is 2.37. The van der Waals surface area contributed by atoms with Crippen LogP contribution in [0, 0.1) is 0 Å². The summed E-state index contributed by atoms with van der Waals surface area (Å²) in [6, 6.07) is 54.5. The Labute approximate surface area is 278 Å². The summed E-state index contributed by atoms with van der Waals surface area (Å²) in [5.74, 6) is 0.731. The van der Waals surface area contributed by atoms with Crippen LogP contribution in [0.15, 0.2) is 152 Å². The smallest absolute Gasteiger partial charge is 0.160 e. The van der Waals surface area contributed by atoms with Gasteiger partial charge in [0.15, 0.2) is 5.82 Å². The highest BCUT2D eigenvalue weighted by Gasteiger charge is 2.35. The van der Waals surface area contributed by atoms with Crippen molar-refractivity contribution in [1.29, 1.82) is 0 Å². The molecule has 3 heteroatoms. The largest absolute Gasteiger partial charge is 0.309 e. The zero-order chi connectivity index (χ0) is 32.0. The van der Waals surface area contributed by atoms with Crippen molar-refractivity contribution in [3.8, 4) is 39.5 Å². The summed E-state index contributed by atoms with van der Waals surface area (Å²) in [5.41, 5.74) is 12.8. The minimum atomic E-state index is -0.0889. The van der Waals surface area contributed by atoms with Crippen molar-refractivity contribution in [1.82, 2.24) is 14.5 Å². The third-order valence-corrected chi connectivity index (χ3v) is 10.4. The summed E-state index contributed by atoms with van der Waals surface area (Å²) in [4.78, 5) is 10.5. The Morgan fingerprint density at radius 3 is 2.10 bits per heavy atom. The maximum absolute atomic E-state index is 5.36. The van der Waals surface area contributed by atoms with E-state index in [-0.39, 0.29) is 5.41 Å². The van der Waals surface area contributed by atoms with Crippen molar-refractivity contribution in [3.05, 3.63) is 163 Å². The van der Waals surface area contributed by atoms with Crippen LogP contribution >= 0.6 is 0 Å². The topological polar surface area (TPSA) is 30.7 Å². The molecule has 0 aliphatic heterocycles. The van der Waals surface area contributed by atoms with Crippen LogP contribution in [0.5, 0.6) is 0 Å². The fourth-order valence-corrected chi connectivity index (χ4v) is 8.06. The quantitative estimate of drug-likeness (QED) is 0.198. The molecule has 0 amide bonds. The number of hydrogen-bond donors (Lipinski definition) is 0. The van der Waals surface area contributed by atoms with Crippen LogP contribution in [-0.4, -0.2) is 14.5 Å². The maximum atomic E-state index is 5.36. The Balaban J connectivity index is 1.21. The van der Waals surface area contributed by atoms with E-state index in [0.29, 0.717) is 0 Å². The first-order valence-electron chi connectivity index (χ1n) is 16.6. The molecule has 0 fully saturated rings. The Kier molecular flexibility index (Phi) is 5.63. The zero-order valence-corrected chi connectivity index (χ0v) is 26.8. The number of fused-ring (bicyclic) bond motifs is 9. The molecule has 0 saturated carbocycles.